The largest absolute Gasteiger partial charge is 0.444 e. The molecule has 1 fully saturated rings. The second-order valence-corrected chi connectivity index (χ2v) is 6.52. The Kier molecular flexibility index (Phi) is 6.95. The standard InChI is InChI=1S/C15H29N3O3/c1-15(2,3)21-14(20)17-12(8-4-5-9-16)13(19)18-10-6-7-11-18/h12H,4-11,16H2,1-3H3,(H,17,20). The van der Waals surface area contributed by atoms with Gasteiger partial charge >= 0.3 is 6.09 Å². The van der Waals surface area contributed by atoms with E-state index in [0.29, 0.717) is 13.0 Å². The highest BCUT2D eigenvalue weighted by atomic mass is 16.6. The van der Waals surface area contributed by atoms with Crippen LogP contribution >= 0.6 is 0 Å². The summed E-state index contributed by atoms with van der Waals surface area (Å²) in [6.07, 6.45) is 3.80. The van der Waals surface area contributed by atoms with Crippen LogP contribution in [0.15, 0.2) is 0 Å². The summed E-state index contributed by atoms with van der Waals surface area (Å²) < 4.78 is 5.24. The zero-order chi connectivity index (χ0) is 15.9. The Morgan fingerprint density at radius 1 is 1.24 bits per heavy atom. The molecule has 0 aliphatic carbocycles. The third-order valence-electron chi connectivity index (χ3n) is 3.35. The summed E-state index contributed by atoms with van der Waals surface area (Å²) in [4.78, 5) is 26.2. The Balaban J connectivity index is 2.58. The Bertz CT molecular complexity index is 347. The second-order valence-electron chi connectivity index (χ2n) is 6.52. The minimum absolute atomic E-state index is 0.00428. The molecule has 21 heavy (non-hydrogen) atoms. The smallest absolute Gasteiger partial charge is 0.408 e. The number of hydrogen-bond donors (Lipinski definition) is 2. The quantitative estimate of drug-likeness (QED) is 0.730. The van der Waals surface area contributed by atoms with E-state index in [0.717, 1.165) is 38.8 Å². The van der Waals surface area contributed by atoms with Gasteiger partial charge in [-0.25, -0.2) is 4.79 Å². The van der Waals surface area contributed by atoms with E-state index in [1.807, 2.05) is 4.90 Å². The molecule has 3 N–H and O–H groups in total. The van der Waals surface area contributed by atoms with Gasteiger partial charge < -0.3 is 20.7 Å². The van der Waals surface area contributed by atoms with Crippen molar-refractivity contribution in [2.45, 2.75) is 64.5 Å². The van der Waals surface area contributed by atoms with E-state index in [4.69, 9.17) is 10.5 Å². The number of nitrogens with zero attached hydrogens (tertiary/aromatic N) is 1. The van der Waals surface area contributed by atoms with Gasteiger partial charge in [0.15, 0.2) is 0 Å². The molecule has 0 aromatic rings. The van der Waals surface area contributed by atoms with Gasteiger partial charge in [0.25, 0.3) is 0 Å². The van der Waals surface area contributed by atoms with Crippen molar-refractivity contribution in [3.8, 4) is 0 Å². The van der Waals surface area contributed by atoms with Crippen molar-refractivity contribution in [2.24, 2.45) is 5.73 Å². The maximum absolute atomic E-state index is 12.5. The van der Waals surface area contributed by atoms with Crippen LogP contribution in [0.1, 0.15) is 52.9 Å². The van der Waals surface area contributed by atoms with Crippen LogP contribution in [0.5, 0.6) is 0 Å². The molecule has 1 unspecified atom stereocenters. The normalized spacial score (nSPS) is 16.7. The Morgan fingerprint density at radius 2 is 1.86 bits per heavy atom. The number of rotatable bonds is 6. The van der Waals surface area contributed by atoms with Gasteiger partial charge in [-0.15, -0.1) is 0 Å². The van der Waals surface area contributed by atoms with E-state index in [1.54, 1.807) is 20.8 Å². The first-order valence-electron chi connectivity index (χ1n) is 7.82. The number of unbranched alkanes of at least 4 members (excludes halogenated alkanes) is 1. The van der Waals surface area contributed by atoms with Crippen LogP contribution in [-0.2, 0) is 9.53 Å². The molecule has 0 aromatic heterocycles. The number of likely N-dealkylation sites (tertiary alicyclic amines) is 1. The second kappa shape index (κ2) is 8.22. The van der Waals surface area contributed by atoms with Crippen molar-refractivity contribution >= 4 is 12.0 Å². The molecule has 6 nitrogen and oxygen atoms in total. The summed E-state index contributed by atoms with van der Waals surface area (Å²) in [6.45, 7) is 7.57. The molecule has 0 radical (unpaired) electrons. The van der Waals surface area contributed by atoms with E-state index < -0.39 is 17.7 Å². The molecular weight excluding hydrogens is 270 g/mol. The SMILES string of the molecule is CC(C)(C)OC(=O)NC(CCCCN)C(=O)N1CCCC1. The molecule has 0 bridgehead atoms. The molecule has 0 spiro atoms. The monoisotopic (exact) mass is 299 g/mol. The number of carbonyl (C=O) groups excluding carboxylic acids is 2. The zero-order valence-corrected chi connectivity index (χ0v) is 13.5. The Hall–Kier alpha value is -1.30. The van der Waals surface area contributed by atoms with Crippen molar-refractivity contribution < 1.29 is 14.3 Å². The van der Waals surface area contributed by atoms with E-state index in [9.17, 15) is 9.59 Å². The first kappa shape index (κ1) is 17.8. The molecule has 1 rings (SSSR count). The Labute approximate surface area is 127 Å². The molecule has 1 heterocycles. The van der Waals surface area contributed by atoms with Crippen molar-refractivity contribution in [3.05, 3.63) is 0 Å². The van der Waals surface area contributed by atoms with Gasteiger partial charge in [-0.3, -0.25) is 4.79 Å². The Morgan fingerprint density at radius 3 is 2.38 bits per heavy atom. The molecule has 0 saturated carbocycles. The minimum Gasteiger partial charge on any atom is -0.444 e. The van der Waals surface area contributed by atoms with Gasteiger partial charge in [0, 0.05) is 13.1 Å². The molecule has 6 heteroatoms. The number of amides is 2. The highest BCUT2D eigenvalue weighted by molar-refractivity contribution is 5.85. The van der Waals surface area contributed by atoms with Crippen LogP contribution < -0.4 is 11.1 Å². The highest BCUT2D eigenvalue weighted by Gasteiger charge is 2.28. The summed E-state index contributed by atoms with van der Waals surface area (Å²) in [7, 11) is 0. The van der Waals surface area contributed by atoms with Crippen LogP contribution in [-0.4, -0.2) is 48.2 Å². The number of alkyl carbamates (subject to hydrolysis) is 1. The number of carbonyl (C=O) groups is 2. The number of hydrogen-bond acceptors (Lipinski definition) is 4. The van der Waals surface area contributed by atoms with Gasteiger partial charge in [0.1, 0.15) is 11.6 Å². The van der Waals surface area contributed by atoms with E-state index in [-0.39, 0.29) is 5.91 Å². The average Bonchev–Trinajstić information content (AvgIpc) is 2.88. The number of nitrogens with one attached hydrogen (secondary N) is 1. The first-order valence-corrected chi connectivity index (χ1v) is 7.82. The summed E-state index contributed by atoms with van der Waals surface area (Å²) in [5, 5.41) is 2.72. The van der Waals surface area contributed by atoms with Crippen LogP contribution in [0, 0.1) is 0 Å². The third kappa shape index (κ3) is 6.80. The average molecular weight is 299 g/mol. The molecular formula is C15H29N3O3. The fourth-order valence-corrected chi connectivity index (χ4v) is 2.36. The minimum atomic E-state index is -0.567. The molecule has 1 saturated heterocycles. The third-order valence-corrected chi connectivity index (χ3v) is 3.35. The summed E-state index contributed by atoms with van der Waals surface area (Å²) in [6, 6.07) is -0.510. The van der Waals surface area contributed by atoms with Gasteiger partial charge in [0.05, 0.1) is 0 Å². The zero-order valence-electron chi connectivity index (χ0n) is 13.5. The molecule has 2 amide bonds. The molecule has 1 aliphatic rings. The van der Waals surface area contributed by atoms with Crippen LogP contribution in [0.2, 0.25) is 0 Å². The summed E-state index contributed by atoms with van der Waals surface area (Å²) in [5.74, 6) is -0.00428. The number of nitrogens with two attached hydrogens (primary N) is 1. The van der Waals surface area contributed by atoms with Gasteiger partial charge in [0.2, 0.25) is 5.91 Å². The lowest BCUT2D eigenvalue weighted by Crippen LogP contribution is -2.49. The first-order chi connectivity index (χ1) is 9.83. The summed E-state index contributed by atoms with van der Waals surface area (Å²) in [5.41, 5.74) is 4.92. The lowest BCUT2D eigenvalue weighted by atomic mass is 10.1. The van der Waals surface area contributed by atoms with Crippen LogP contribution in [0.4, 0.5) is 4.79 Å². The predicted molar refractivity (Wildman–Crippen MR) is 81.9 cm³/mol. The van der Waals surface area contributed by atoms with E-state index in [1.165, 1.54) is 0 Å². The molecule has 122 valence electrons. The lowest BCUT2D eigenvalue weighted by Gasteiger charge is -2.26. The molecule has 0 aromatic carbocycles. The van der Waals surface area contributed by atoms with Gasteiger partial charge in [-0.05, 0) is 59.4 Å². The van der Waals surface area contributed by atoms with E-state index in [2.05, 4.69) is 5.32 Å². The lowest BCUT2D eigenvalue weighted by molar-refractivity contribution is -0.132. The topological polar surface area (TPSA) is 84.7 Å². The highest BCUT2D eigenvalue weighted by Crippen LogP contribution is 2.13. The predicted octanol–water partition coefficient (Wildman–Crippen LogP) is 1.63. The molecule has 1 aliphatic heterocycles. The maximum Gasteiger partial charge on any atom is 0.408 e. The van der Waals surface area contributed by atoms with Gasteiger partial charge in [-0.2, -0.15) is 0 Å². The van der Waals surface area contributed by atoms with Crippen molar-refractivity contribution in [3.63, 3.8) is 0 Å². The maximum atomic E-state index is 12.5. The molecule has 1 atom stereocenters. The summed E-state index contributed by atoms with van der Waals surface area (Å²) >= 11 is 0. The number of ether oxygens (including phenoxy) is 1. The van der Waals surface area contributed by atoms with Crippen molar-refractivity contribution in [1.29, 1.82) is 0 Å². The van der Waals surface area contributed by atoms with Crippen LogP contribution in [0.3, 0.4) is 0 Å². The fraction of sp³-hybridized carbons (Fsp3) is 0.867. The van der Waals surface area contributed by atoms with Crippen LogP contribution in [0.25, 0.3) is 0 Å². The van der Waals surface area contributed by atoms with Gasteiger partial charge in [-0.1, -0.05) is 0 Å². The van der Waals surface area contributed by atoms with E-state index >= 15 is 0 Å². The fourth-order valence-electron chi connectivity index (χ4n) is 2.36. The van der Waals surface area contributed by atoms with Crippen molar-refractivity contribution in [2.75, 3.05) is 19.6 Å². The van der Waals surface area contributed by atoms with Crippen molar-refractivity contribution in [1.82, 2.24) is 10.2 Å².